The van der Waals surface area contributed by atoms with Gasteiger partial charge in [-0.25, -0.2) is 0 Å². The minimum Gasteiger partial charge on any atom is -0.493 e. The molecule has 2 aliphatic rings. The largest absolute Gasteiger partial charge is 0.493 e. The van der Waals surface area contributed by atoms with Gasteiger partial charge in [0, 0.05) is 19.3 Å². The lowest BCUT2D eigenvalue weighted by Gasteiger charge is -2.32. The van der Waals surface area contributed by atoms with Crippen LogP contribution in [-0.2, 0) is 6.42 Å². The van der Waals surface area contributed by atoms with Gasteiger partial charge >= 0.3 is 0 Å². The minimum absolute atomic E-state index is 0.111. The summed E-state index contributed by atoms with van der Waals surface area (Å²) in [4.78, 5) is 17.4. The fourth-order valence-electron chi connectivity index (χ4n) is 4.43. The zero-order valence-electron chi connectivity index (χ0n) is 16.7. The third-order valence-electron chi connectivity index (χ3n) is 6.08. The quantitative estimate of drug-likeness (QED) is 0.804. The molecule has 0 radical (unpaired) electrons. The predicted molar refractivity (Wildman–Crippen MR) is 109 cm³/mol. The molecular weight excluding hydrogens is 352 g/mol. The topological polar surface area (TPSA) is 54.6 Å². The average molecular weight is 383 g/mol. The number of aromatic amines is 1. The number of amides is 1. The van der Waals surface area contributed by atoms with Gasteiger partial charge in [-0.15, -0.1) is 0 Å². The third-order valence-corrected chi connectivity index (χ3v) is 6.08. The van der Waals surface area contributed by atoms with Gasteiger partial charge in [-0.1, -0.05) is 6.07 Å². The third kappa shape index (κ3) is 4.34. The Morgan fingerprint density at radius 3 is 2.57 bits per heavy atom. The van der Waals surface area contributed by atoms with Crippen LogP contribution in [-0.4, -0.2) is 42.1 Å². The van der Waals surface area contributed by atoms with Gasteiger partial charge in [0.05, 0.1) is 13.2 Å². The number of nitrogens with zero attached hydrogens (tertiary/aromatic N) is 1. The maximum atomic E-state index is 12.5. The van der Waals surface area contributed by atoms with E-state index >= 15 is 0 Å². The van der Waals surface area contributed by atoms with E-state index in [1.165, 1.54) is 18.4 Å². The standard InChI is InChI=1S/C23H30N2O3/c1-27-21-9-8-18(16-22(21)28-19-5-2-3-6-19)15-17-10-13-25(14-11-17)23(26)20-7-4-12-24-20/h4,7-9,12,16-17,19,24H,2-3,5-6,10-11,13-15H2,1H3. The van der Waals surface area contributed by atoms with Crippen molar-refractivity contribution in [3.05, 3.63) is 47.8 Å². The molecule has 1 N–H and O–H groups in total. The van der Waals surface area contributed by atoms with Crippen molar-refractivity contribution in [3.63, 3.8) is 0 Å². The molecule has 150 valence electrons. The van der Waals surface area contributed by atoms with E-state index in [4.69, 9.17) is 9.47 Å². The first kappa shape index (κ1) is 18.9. The van der Waals surface area contributed by atoms with Crippen LogP contribution in [0.2, 0.25) is 0 Å². The van der Waals surface area contributed by atoms with Gasteiger partial charge in [0.15, 0.2) is 11.5 Å². The van der Waals surface area contributed by atoms with Crippen molar-refractivity contribution in [1.82, 2.24) is 9.88 Å². The Kier molecular flexibility index (Phi) is 5.89. The number of H-pyrrole nitrogens is 1. The van der Waals surface area contributed by atoms with Gasteiger partial charge in [-0.2, -0.15) is 0 Å². The zero-order valence-corrected chi connectivity index (χ0v) is 16.7. The van der Waals surface area contributed by atoms with E-state index in [9.17, 15) is 4.79 Å². The maximum Gasteiger partial charge on any atom is 0.270 e. The highest BCUT2D eigenvalue weighted by Crippen LogP contribution is 2.34. The van der Waals surface area contributed by atoms with E-state index in [1.54, 1.807) is 13.3 Å². The summed E-state index contributed by atoms with van der Waals surface area (Å²) in [6.07, 6.45) is 10.0. The summed E-state index contributed by atoms with van der Waals surface area (Å²) in [7, 11) is 1.70. The summed E-state index contributed by atoms with van der Waals surface area (Å²) >= 11 is 0. The second-order valence-electron chi connectivity index (χ2n) is 8.03. The SMILES string of the molecule is COc1ccc(CC2CCN(C(=O)c3ccc[nH]3)CC2)cc1OC1CCCC1. The van der Waals surface area contributed by atoms with Gasteiger partial charge in [0.2, 0.25) is 0 Å². The maximum absolute atomic E-state index is 12.5. The summed E-state index contributed by atoms with van der Waals surface area (Å²) in [5, 5.41) is 0. The van der Waals surface area contributed by atoms with E-state index in [2.05, 4.69) is 17.1 Å². The number of ether oxygens (including phenoxy) is 2. The first-order valence-electron chi connectivity index (χ1n) is 10.5. The zero-order chi connectivity index (χ0) is 19.3. The number of methoxy groups -OCH3 is 1. The lowest BCUT2D eigenvalue weighted by Crippen LogP contribution is -2.39. The highest BCUT2D eigenvalue weighted by molar-refractivity contribution is 5.92. The molecule has 1 aliphatic carbocycles. The molecule has 1 saturated carbocycles. The molecule has 2 aromatic rings. The number of hydrogen-bond acceptors (Lipinski definition) is 3. The molecule has 2 fully saturated rings. The van der Waals surface area contributed by atoms with Gasteiger partial charge < -0.3 is 19.4 Å². The number of benzene rings is 1. The predicted octanol–water partition coefficient (Wildman–Crippen LogP) is 4.44. The van der Waals surface area contributed by atoms with E-state index in [1.807, 2.05) is 23.1 Å². The smallest absolute Gasteiger partial charge is 0.270 e. The number of hydrogen-bond donors (Lipinski definition) is 1. The van der Waals surface area contributed by atoms with Crippen molar-refractivity contribution < 1.29 is 14.3 Å². The molecule has 1 aromatic carbocycles. The molecule has 4 rings (SSSR count). The molecular formula is C23H30N2O3. The van der Waals surface area contributed by atoms with E-state index in [0.29, 0.717) is 17.7 Å². The lowest BCUT2D eigenvalue weighted by molar-refractivity contribution is 0.0685. The minimum atomic E-state index is 0.111. The van der Waals surface area contributed by atoms with E-state index < -0.39 is 0 Å². The van der Waals surface area contributed by atoms with Crippen molar-refractivity contribution in [2.45, 2.75) is 51.0 Å². The second-order valence-corrected chi connectivity index (χ2v) is 8.03. The van der Waals surface area contributed by atoms with Crippen LogP contribution in [0.5, 0.6) is 11.5 Å². The van der Waals surface area contributed by atoms with Crippen molar-refractivity contribution in [1.29, 1.82) is 0 Å². The van der Waals surface area contributed by atoms with Crippen LogP contribution in [0.15, 0.2) is 36.5 Å². The molecule has 5 heteroatoms. The second kappa shape index (κ2) is 8.72. The van der Waals surface area contributed by atoms with Crippen LogP contribution in [0.25, 0.3) is 0 Å². The van der Waals surface area contributed by atoms with Crippen LogP contribution in [0.1, 0.15) is 54.6 Å². The molecule has 1 amide bonds. The summed E-state index contributed by atoms with van der Waals surface area (Å²) < 4.78 is 11.7. The fourth-order valence-corrected chi connectivity index (χ4v) is 4.43. The Labute approximate surface area is 167 Å². The molecule has 2 heterocycles. The molecule has 0 spiro atoms. The lowest BCUT2D eigenvalue weighted by atomic mass is 9.90. The highest BCUT2D eigenvalue weighted by atomic mass is 16.5. The summed E-state index contributed by atoms with van der Waals surface area (Å²) in [5.74, 6) is 2.41. The Hall–Kier alpha value is -2.43. The van der Waals surface area contributed by atoms with Gasteiger partial charge in [0.1, 0.15) is 5.69 Å². The van der Waals surface area contributed by atoms with Crippen LogP contribution >= 0.6 is 0 Å². The van der Waals surface area contributed by atoms with Gasteiger partial charge in [-0.05, 0) is 80.7 Å². The molecule has 0 atom stereocenters. The Balaban J connectivity index is 1.35. The highest BCUT2D eigenvalue weighted by Gasteiger charge is 2.25. The summed E-state index contributed by atoms with van der Waals surface area (Å²) in [6, 6.07) is 10.1. The summed E-state index contributed by atoms with van der Waals surface area (Å²) in [5.41, 5.74) is 1.98. The van der Waals surface area contributed by atoms with E-state index in [-0.39, 0.29) is 5.91 Å². The number of likely N-dealkylation sites (tertiary alicyclic amines) is 1. The Morgan fingerprint density at radius 2 is 1.89 bits per heavy atom. The van der Waals surface area contributed by atoms with Gasteiger partial charge in [-0.3, -0.25) is 4.79 Å². The summed E-state index contributed by atoms with van der Waals surface area (Å²) in [6.45, 7) is 1.65. The number of carbonyl (C=O) groups is 1. The first-order chi connectivity index (χ1) is 13.7. The van der Waals surface area contributed by atoms with Crippen LogP contribution < -0.4 is 9.47 Å². The number of aromatic nitrogens is 1. The first-order valence-corrected chi connectivity index (χ1v) is 10.5. The fraction of sp³-hybridized carbons (Fsp3) is 0.522. The molecule has 5 nitrogen and oxygen atoms in total. The molecule has 1 aromatic heterocycles. The van der Waals surface area contributed by atoms with Crippen molar-refractivity contribution in [2.75, 3.05) is 20.2 Å². The van der Waals surface area contributed by atoms with Crippen LogP contribution in [0, 0.1) is 5.92 Å². The number of nitrogens with one attached hydrogen (secondary N) is 1. The molecule has 1 aliphatic heterocycles. The average Bonchev–Trinajstić information content (AvgIpc) is 3.43. The Bertz CT molecular complexity index is 773. The van der Waals surface area contributed by atoms with Crippen molar-refractivity contribution >= 4 is 5.91 Å². The van der Waals surface area contributed by atoms with Crippen molar-refractivity contribution in [3.8, 4) is 11.5 Å². The molecule has 28 heavy (non-hydrogen) atoms. The number of piperidine rings is 1. The van der Waals surface area contributed by atoms with Crippen LogP contribution in [0.4, 0.5) is 0 Å². The van der Waals surface area contributed by atoms with Crippen molar-refractivity contribution in [2.24, 2.45) is 5.92 Å². The Morgan fingerprint density at radius 1 is 1.11 bits per heavy atom. The monoisotopic (exact) mass is 382 g/mol. The molecule has 1 saturated heterocycles. The number of carbonyl (C=O) groups excluding carboxylic acids is 1. The number of rotatable bonds is 6. The molecule has 0 unspecified atom stereocenters. The van der Waals surface area contributed by atoms with E-state index in [0.717, 1.165) is 56.7 Å². The normalized spacial score (nSPS) is 18.4. The van der Waals surface area contributed by atoms with Crippen LogP contribution in [0.3, 0.4) is 0 Å². The van der Waals surface area contributed by atoms with Gasteiger partial charge in [0.25, 0.3) is 5.91 Å². The molecule has 0 bridgehead atoms.